The summed E-state index contributed by atoms with van der Waals surface area (Å²) in [6.45, 7) is 3.53. The highest BCUT2D eigenvalue weighted by Gasteiger charge is 2.12. The number of fused-ring (bicyclic) bond motifs is 1. The highest BCUT2D eigenvalue weighted by molar-refractivity contribution is 7.07. The maximum atomic E-state index is 11.9. The van der Waals surface area contributed by atoms with Gasteiger partial charge in [0.05, 0.1) is 0 Å². The molecule has 0 aliphatic rings. The average molecular weight is 274 g/mol. The molecule has 0 spiro atoms. The Morgan fingerprint density at radius 1 is 1.32 bits per heavy atom. The van der Waals surface area contributed by atoms with Gasteiger partial charge in [0.1, 0.15) is 11.3 Å². The molecule has 1 N–H and O–H groups in total. The Hall–Kier alpha value is -2.28. The van der Waals surface area contributed by atoms with Crippen molar-refractivity contribution in [3.63, 3.8) is 0 Å². The predicted molar refractivity (Wildman–Crippen MR) is 71.3 cm³/mol. The fourth-order valence-electron chi connectivity index (χ4n) is 1.69. The standard InChI is InChI=1S/C12H10N4O2S/c1-6-13-12(19-16-6)11(17)15-8-3-4-10-9(5-8)14-7(2)18-10/h3-5H,1-2H3,(H,15,17). The van der Waals surface area contributed by atoms with Crippen LogP contribution >= 0.6 is 11.5 Å². The van der Waals surface area contributed by atoms with Crippen molar-refractivity contribution in [2.75, 3.05) is 5.32 Å². The van der Waals surface area contributed by atoms with Crippen LogP contribution in [-0.4, -0.2) is 20.2 Å². The third-order valence-electron chi connectivity index (χ3n) is 2.47. The molecule has 2 aromatic heterocycles. The van der Waals surface area contributed by atoms with Crippen molar-refractivity contribution >= 4 is 34.2 Å². The van der Waals surface area contributed by atoms with Crippen LogP contribution in [0.1, 0.15) is 21.5 Å². The minimum absolute atomic E-state index is 0.273. The van der Waals surface area contributed by atoms with Crippen LogP contribution in [-0.2, 0) is 0 Å². The highest BCUT2D eigenvalue weighted by Crippen LogP contribution is 2.20. The quantitative estimate of drug-likeness (QED) is 0.776. The van der Waals surface area contributed by atoms with Gasteiger partial charge in [-0.1, -0.05) is 0 Å². The number of hydrogen-bond acceptors (Lipinski definition) is 6. The van der Waals surface area contributed by atoms with Gasteiger partial charge in [0.25, 0.3) is 5.91 Å². The van der Waals surface area contributed by atoms with Gasteiger partial charge in [-0.25, -0.2) is 9.97 Å². The van der Waals surface area contributed by atoms with Gasteiger partial charge < -0.3 is 9.73 Å². The number of oxazole rings is 1. The first-order valence-corrected chi connectivity index (χ1v) is 6.38. The maximum absolute atomic E-state index is 11.9. The van der Waals surface area contributed by atoms with Crippen molar-refractivity contribution < 1.29 is 9.21 Å². The molecule has 0 unspecified atom stereocenters. The number of nitrogens with zero attached hydrogens (tertiary/aromatic N) is 3. The molecule has 19 heavy (non-hydrogen) atoms. The summed E-state index contributed by atoms with van der Waals surface area (Å²) in [7, 11) is 0. The molecule has 1 aromatic carbocycles. The second-order valence-electron chi connectivity index (χ2n) is 4.02. The number of aromatic nitrogens is 3. The van der Waals surface area contributed by atoms with Crippen LogP contribution in [0, 0.1) is 13.8 Å². The van der Waals surface area contributed by atoms with Crippen molar-refractivity contribution in [2.45, 2.75) is 13.8 Å². The first kappa shape index (κ1) is 11.8. The number of carbonyl (C=O) groups excluding carboxylic acids is 1. The van der Waals surface area contributed by atoms with E-state index in [2.05, 4.69) is 19.7 Å². The fraction of sp³-hybridized carbons (Fsp3) is 0.167. The molecule has 7 heteroatoms. The van der Waals surface area contributed by atoms with E-state index in [0.717, 1.165) is 11.5 Å². The molecule has 0 radical (unpaired) electrons. The molecule has 2 heterocycles. The molecule has 6 nitrogen and oxygen atoms in total. The molecule has 0 fully saturated rings. The highest BCUT2D eigenvalue weighted by atomic mass is 32.1. The van der Waals surface area contributed by atoms with E-state index in [1.165, 1.54) is 0 Å². The summed E-state index contributed by atoms with van der Waals surface area (Å²) in [6, 6.07) is 5.30. The third kappa shape index (κ3) is 2.32. The van der Waals surface area contributed by atoms with Gasteiger partial charge in [0.2, 0.25) is 5.01 Å². The first-order chi connectivity index (χ1) is 9.11. The largest absolute Gasteiger partial charge is 0.441 e. The number of rotatable bonds is 2. The predicted octanol–water partition coefficient (Wildman–Crippen LogP) is 2.55. The topological polar surface area (TPSA) is 80.9 Å². The monoisotopic (exact) mass is 274 g/mol. The van der Waals surface area contributed by atoms with Gasteiger partial charge in [-0.15, -0.1) is 0 Å². The fourth-order valence-corrected chi connectivity index (χ4v) is 2.26. The number of benzene rings is 1. The Morgan fingerprint density at radius 3 is 2.89 bits per heavy atom. The molecule has 0 saturated carbocycles. The van der Waals surface area contributed by atoms with Crippen molar-refractivity contribution in [2.24, 2.45) is 0 Å². The van der Waals surface area contributed by atoms with Gasteiger partial charge in [-0.05, 0) is 36.7 Å². The van der Waals surface area contributed by atoms with Gasteiger partial charge >= 0.3 is 0 Å². The van der Waals surface area contributed by atoms with E-state index in [0.29, 0.717) is 33.5 Å². The van der Waals surface area contributed by atoms with E-state index >= 15 is 0 Å². The zero-order chi connectivity index (χ0) is 13.4. The summed E-state index contributed by atoms with van der Waals surface area (Å²) in [6.07, 6.45) is 0. The second-order valence-corrected chi connectivity index (χ2v) is 4.77. The second kappa shape index (κ2) is 4.43. The number of amides is 1. The molecule has 0 aliphatic heterocycles. The minimum Gasteiger partial charge on any atom is -0.441 e. The van der Waals surface area contributed by atoms with Crippen molar-refractivity contribution in [3.05, 3.63) is 34.9 Å². The zero-order valence-electron chi connectivity index (χ0n) is 10.3. The molecule has 0 atom stereocenters. The summed E-state index contributed by atoms with van der Waals surface area (Å²) < 4.78 is 9.35. The van der Waals surface area contributed by atoms with Gasteiger partial charge in [0.15, 0.2) is 11.5 Å². The van der Waals surface area contributed by atoms with E-state index < -0.39 is 0 Å². The normalized spacial score (nSPS) is 10.8. The van der Waals surface area contributed by atoms with E-state index in [1.807, 2.05) is 0 Å². The van der Waals surface area contributed by atoms with Crippen LogP contribution in [0.3, 0.4) is 0 Å². The van der Waals surface area contributed by atoms with Gasteiger partial charge in [0, 0.05) is 12.6 Å². The number of nitrogens with one attached hydrogen (secondary N) is 1. The van der Waals surface area contributed by atoms with Crippen LogP contribution in [0.4, 0.5) is 5.69 Å². The van der Waals surface area contributed by atoms with Crippen molar-refractivity contribution in [1.29, 1.82) is 0 Å². The number of hydrogen-bond donors (Lipinski definition) is 1. The molecule has 0 aliphatic carbocycles. The van der Waals surface area contributed by atoms with Crippen LogP contribution in [0.5, 0.6) is 0 Å². The molecule has 1 amide bonds. The first-order valence-electron chi connectivity index (χ1n) is 5.61. The van der Waals surface area contributed by atoms with E-state index in [9.17, 15) is 4.79 Å². The molecule has 0 bridgehead atoms. The lowest BCUT2D eigenvalue weighted by Gasteiger charge is -2.01. The Morgan fingerprint density at radius 2 is 2.16 bits per heavy atom. The van der Waals surface area contributed by atoms with Crippen LogP contribution < -0.4 is 5.32 Å². The summed E-state index contributed by atoms with van der Waals surface area (Å²) in [4.78, 5) is 20.2. The number of carbonyl (C=O) groups is 1. The number of aryl methyl sites for hydroxylation is 2. The molecular formula is C12H10N4O2S. The van der Waals surface area contributed by atoms with Gasteiger partial charge in [-0.3, -0.25) is 4.79 Å². The van der Waals surface area contributed by atoms with Crippen LogP contribution in [0.2, 0.25) is 0 Å². The molecule has 3 rings (SSSR count). The maximum Gasteiger partial charge on any atom is 0.286 e. The molecule has 0 saturated heterocycles. The summed E-state index contributed by atoms with van der Waals surface area (Å²) in [5.41, 5.74) is 2.06. The van der Waals surface area contributed by atoms with Crippen LogP contribution in [0.25, 0.3) is 11.1 Å². The van der Waals surface area contributed by atoms with Crippen LogP contribution in [0.15, 0.2) is 22.6 Å². The molecule has 96 valence electrons. The Kier molecular flexibility index (Phi) is 2.75. The Bertz CT molecular complexity index is 762. The van der Waals surface area contributed by atoms with E-state index in [-0.39, 0.29) is 5.91 Å². The SMILES string of the molecule is Cc1nsc(C(=O)Nc2ccc3oc(C)nc3c2)n1. The lowest BCUT2D eigenvalue weighted by Crippen LogP contribution is -2.11. The summed E-state index contributed by atoms with van der Waals surface area (Å²) in [5.74, 6) is 0.918. The number of anilines is 1. The smallest absolute Gasteiger partial charge is 0.286 e. The van der Waals surface area contributed by atoms with Crippen molar-refractivity contribution in [3.8, 4) is 0 Å². The summed E-state index contributed by atoms with van der Waals surface area (Å²) >= 11 is 1.08. The Labute approximate surface area is 112 Å². The van der Waals surface area contributed by atoms with E-state index in [4.69, 9.17) is 4.42 Å². The molecular weight excluding hydrogens is 264 g/mol. The molecule has 3 aromatic rings. The van der Waals surface area contributed by atoms with Gasteiger partial charge in [-0.2, -0.15) is 4.37 Å². The van der Waals surface area contributed by atoms with Crippen molar-refractivity contribution in [1.82, 2.24) is 14.3 Å². The Balaban J connectivity index is 1.86. The zero-order valence-corrected chi connectivity index (χ0v) is 11.1. The average Bonchev–Trinajstić information content (AvgIpc) is 2.93. The lowest BCUT2D eigenvalue weighted by molar-refractivity contribution is 0.102. The summed E-state index contributed by atoms with van der Waals surface area (Å²) in [5, 5.41) is 3.10. The third-order valence-corrected chi connectivity index (χ3v) is 3.28. The lowest BCUT2D eigenvalue weighted by atomic mass is 10.3. The van der Waals surface area contributed by atoms with E-state index in [1.54, 1.807) is 32.0 Å². The minimum atomic E-state index is -0.273.